The zero-order valence-electron chi connectivity index (χ0n) is 5.83. The number of hydrogen-bond donors (Lipinski definition) is 0. The predicted octanol–water partition coefficient (Wildman–Crippen LogP) is 0.914. The van der Waals surface area contributed by atoms with Crippen molar-refractivity contribution in [3.05, 3.63) is 0 Å². The second kappa shape index (κ2) is 3.32. The molecule has 1 fully saturated rings. The minimum absolute atomic E-state index is 0.0926. The van der Waals surface area contributed by atoms with E-state index in [1.807, 2.05) is 0 Å². The number of hydrogen-bond acceptors (Lipinski definition) is 3. The van der Waals surface area contributed by atoms with Gasteiger partial charge >= 0.3 is 0 Å². The van der Waals surface area contributed by atoms with Gasteiger partial charge in [0.2, 0.25) is 0 Å². The van der Waals surface area contributed by atoms with Crippen molar-refractivity contribution in [3.8, 4) is 0 Å². The van der Waals surface area contributed by atoms with Crippen LogP contribution in [0.25, 0.3) is 0 Å². The molecular formula is C5H8Br2O3S. The normalized spacial score (nSPS) is 42.6. The summed E-state index contributed by atoms with van der Waals surface area (Å²) in [7, 11) is -1.48. The van der Waals surface area contributed by atoms with Gasteiger partial charge in [-0.15, -0.1) is 0 Å². The van der Waals surface area contributed by atoms with E-state index >= 15 is 0 Å². The first kappa shape index (κ1) is 9.95. The highest BCUT2D eigenvalue weighted by Gasteiger charge is 2.44. The van der Waals surface area contributed by atoms with E-state index in [2.05, 4.69) is 31.9 Å². The van der Waals surface area contributed by atoms with Crippen LogP contribution < -0.4 is 0 Å². The van der Waals surface area contributed by atoms with E-state index in [1.54, 1.807) is 0 Å². The van der Waals surface area contributed by atoms with Crippen LogP contribution in [0.2, 0.25) is 0 Å². The summed E-state index contributed by atoms with van der Waals surface area (Å²) < 4.78 is 26.8. The van der Waals surface area contributed by atoms with Gasteiger partial charge in [0.25, 0.3) is 0 Å². The van der Waals surface area contributed by atoms with E-state index in [0.717, 1.165) is 0 Å². The van der Waals surface area contributed by atoms with E-state index in [9.17, 15) is 8.42 Å². The largest absolute Gasteiger partial charge is 0.379 e. The van der Waals surface area contributed by atoms with E-state index in [1.165, 1.54) is 7.11 Å². The fourth-order valence-electron chi connectivity index (χ4n) is 0.978. The van der Waals surface area contributed by atoms with Crippen molar-refractivity contribution < 1.29 is 13.2 Å². The molecule has 1 saturated heterocycles. The molecule has 1 aliphatic rings. The molecule has 0 aromatic heterocycles. The van der Waals surface area contributed by atoms with Crippen LogP contribution in [0.5, 0.6) is 0 Å². The molecule has 6 heteroatoms. The van der Waals surface area contributed by atoms with Crippen molar-refractivity contribution in [2.75, 3.05) is 12.9 Å². The summed E-state index contributed by atoms with van der Waals surface area (Å²) in [6, 6.07) is 0. The Labute approximate surface area is 82.7 Å². The molecule has 11 heavy (non-hydrogen) atoms. The molecule has 0 unspecified atom stereocenters. The van der Waals surface area contributed by atoms with Crippen LogP contribution in [0.4, 0.5) is 0 Å². The van der Waals surface area contributed by atoms with Gasteiger partial charge in [-0.1, -0.05) is 31.9 Å². The molecule has 0 bridgehead atoms. The van der Waals surface area contributed by atoms with E-state index in [0.29, 0.717) is 0 Å². The lowest BCUT2D eigenvalue weighted by atomic mass is 10.3. The maximum atomic E-state index is 11.2. The average molecular weight is 308 g/mol. The minimum Gasteiger partial charge on any atom is -0.379 e. The van der Waals surface area contributed by atoms with Crippen LogP contribution >= 0.6 is 31.9 Å². The zero-order valence-corrected chi connectivity index (χ0v) is 9.82. The van der Waals surface area contributed by atoms with Crippen LogP contribution in [0.15, 0.2) is 0 Å². The summed E-state index contributed by atoms with van der Waals surface area (Å²) in [4.78, 5) is -0.141. The lowest BCUT2D eigenvalue weighted by Crippen LogP contribution is -2.22. The highest BCUT2D eigenvalue weighted by atomic mass is 79.9. The predicted molar refractivity (Wildman–Crippen MR) is 50.0 cm³/mol. The third-order valence-electron chi connectivity index (χ3n) is 1.65. The second-order valence-electron chi connectivity index (χ2n) is 2.40. The molecule has 1 heterocycles. The first-order valence-electron chi connectivity index (χ1n) is 3.01. The summed E-state index contributed by atoms with van der Waals surface area (Å²) in [5.74, 6) is 0.0926. The van der Waals surface area contributed by atoms with Crippen LogP contribution in [0, 0.1) is 0 Å². The molecule has 0 N–H and O–H groups in total. The van der Waals surface area contributed by atoms with Crippen LogP contribution in [-0.4, -0.2) is 36.4 Å². The van der Waals surface area contributed by atoms with Gasteiger partial charge in [0.05, 0.1) is 16.7 Å². The Morgan fingerprint density at radius 2 is 2.00 bits per heavy atom. The van der Waals surface area contributed by atoms with Crippen LogP contribution in [0.1, 0.15) is 0 Å². The second-order valence-corrected chi connectivity index (χ2v) is 7.22. The Bertz CT molecular complexity index is 238. The van der Waals surface area contributed by atoms with Gasteiger partial charge in [-0.2, -0.15) is 0 Å². The highest BCUT2D eigenvalue weighted by Crippen LogP contribution is 2.32. The van der Waals surface area contributed by atoms with Crippen molar-refractivity contribution >= 4 is 41.7 Å². The Hall–Kier alpha value is 0.870. The van der Waals surface area contributed by atoms with Crippen LogP contribution in [0.3, 0.4) is 0 Å². The number of alkyl halides is 2. The third-order valence-corrected chi connectivity index (χ3v) is 7.88. The molecule has 0 radical (unpaired) electrons. The smallest absolute Gasteiger partial charge is 0.166 e. The van der Waals surface area contributed by atoms with Gasteiger partial charge in [-0.05, 0) is 0 Å². The fourth-order valence-corrected chi connectivity index (χ4v) is 4.97. The van der Waals surface area contributed by atoms with Gasteiger partial charge in [0.1, 0.15) is 4.16 Å². The molecule has 1 rings (SSSR count). The lowest BCUT2D eigenvalue weighted by molar-refractivity contribution is 0.129. The molecule has 3 atom stereocenters. The number of ether oxygens (including phenoxy) is 1. The molecular weight excluding hydrogens is 300 g/mol. The molecule has 0 amide bonds. The van der Waals surface area contributed by atoms with Crippen molar-refractivity contribution in [3.63, 3.8) is 0 Å². The first-order chi connectivity index (χ1) is 4.99. The zero-order chi connectivity index (χ0) is 8.65. The average Bonchev–Trinajstić information content (AvgIpc) is 2.13. The topological polar surface area (TPSA) is 43.4 Å². The standard InChI is InChI=1S/C5H8Br2O3S/c1-10-3-2-11(8,9)5(7)4(3)6/h3-5H,2H2,1H3/t3-,4+,5+/m1/s1. The van der Waals surface area contributed by atoms with Crippen molar-refractivity contribution in [1.82, 2.24) is 0 Å². The summed E-state index contributed by atoms with van der Waals surface area (Å²) in [6.07, 6.45) is -0.232. The van der Waals surface area contributed by atoms with Gasteiger partial charge < -0.3 is 4.74 Å². The summed E-state index contributed by atoms with van der Waals surface area (Å²) in [5, 5.41) is 0. The Morgan fingerprint density at radius 3 is 2.18 bits per heavy atom. The van der Waals surface area contributed by atoms with Crippen LogP contribution in [-0.2, 0) is 14.6 Å². The number of halogens is 2. The molecule has 0 spiro atoms. The van der Waals surface area contributed by atoms with E-state index in [4.69, 9.17) is 4.74 Å². The van der Waals surface area contributed by atoms with Crippen molar-refractivity contribution in [1.29, 1.82) is 0 Å². The number of sulfone groups is 1. The fraction of sp³-hybridized carbons (Fsp3) is 1.00. The Kier molecular flexibility index (Phi) is 3.00. The molecule has 0 saturated carbocycles. The summed E-state index contributed by atoms with van der Waals surface area (Å²) in [5.41, 5.74) is 0. The first-order valence-corrected chi connectivity index (χ1v) is 6.56. The maximum absolute atomic E-state index is 11.2. The molecule has 1 aliphatic heterocycles. The highest BCUT2D eigenvalue weighted by molar-refractivity contribution is 9.13. The summed E-state index contributed by atoms with van der Waals surface area (Å²) in [6.45, 7) is 0. The molecule has 0 aromatic rings. The van der Waals surface area contributed by atoms with E-state index in [-0.39, 0.29) is 16.7 Å². The summed E-state index contributed by atoms with van der Waals surface area (Å²) >= 11 is 6.35. The molecule has 0 aromatic carbocycles. The quantitative estimate of drug-likeness (QED) is 0.677. The van der Waals surface area contributed by atoms with Gasteiger partial charge in [-0.25, -0.2) is 8.42 Å². The van der Waals surface area contributed by atoms with Gasteiger partial charge in [0.15, 0.2) is 9.84 Å². The third kappa shape index (κ3) is 1.79. The number of methoxy groups -OCH3 is 1. The van der Waals surface area contributed by atoms with E-state index < -0.39 is 14.0 Å². The SMILES string of the molecule is CO[C@@H]1CS(=O)(=O)[C@H](Br)[C@H]1Br. The Morgan fingerprint density at radius 1 is 1.45 bits per heavy atom. The monoisotopic (exact) mass is 306 g/mol. The van der Waals surface area contributed by atoms with Crippen molar-refractivity contribution in [2.45, 2.75) is 15.1 Å². The maximum Gasteiger partial charge on any atom is 0.166 e. The lowest BCUT2D eigenvalue weighted by Gasteiger charge is -2.10. The van der Waals surface area contributed by atoms with Crippen molar-refractivity contribution in [2.24, 2.45) is 0 Å². The van der Waals surface area contributed by atoms with Gasteiger partial charge in [-0.3, -0.25) is 0 Å². The number of rotatable bonds is 1. The Balaban J connectivity index is 2.86. The minimum atomic E-state index is -2.99. The molecule has 66 valence electrons. The molecule has 0 aliphatic carbocycles. The molecule has 3 nitrogen and oxygen atoms in total. The van der Waals surface area contributed by atoms with Gasteiger partial charge in [0, 0.05) is 7.11 Å².